The van der Waals surface area contributed by atoms with Crippen LogP contribution in [0.5, 0.6) is 11.5 Å². The van der Waals surface area contributed by atoms with E-state index in [4.69, 9.17) is 9.73 Å². The van der Waals surface area contributed by atoms with Crippen LogP contribution >= 0.6 is 27.7 Å². The van der Waals surface area contributed by atoms with Gasteiger partial charge in [-0.05, 0) is 62.6 Å². The summed E-state index contributed by atoms with van der Waals surface area (Å²) in [5, 5.41) is 11.5. The predicted molar refractivity (Wildman–Crippen MR) is 131 cm³/mol. The fraction of sp³-hybridized carbons (Fsp3) is 0.583. The quantitative estimate of drug-likeness (QED) is 0.463. The molecule has 0 unspecified atom stereocenters. The average Bonchev–Trinajstić information content (AvgIpc) is 3.07. The molecule has 2 saturated carbocycles. The Hall–Kier alpha value is -1.47. The van der Waals surface area contributed by atoms with Gasteiger partial charge in [0.15, 0.2) is 16.7 Å². The fourth-order valence-corrected chi connectivity index (χ4v) is 6.27. The first-order chi connectivity index (χ1) is 15.1. The van der Waals surface area contributed by atoms with Crippen molar-refractivity contribution in [1.82, 2.24) is 4.90 Å². The number of carbonyl (C=O) groups excluding carboxylic acids is 1. The van der Waals surface area contributed by atoms with Gasteiger partial charge in [0, 0.05) is 16.1 Å². The Morgan fingerprint density at radius 3 is 2.52 bits per heavy atom. The van der Waals surface area contributed by atoms with Gasteiger partial charge in [-0.2, -0.15) is 0 Å². The number of rotatable bonds is 5. The second kappa shape index (κ2) is 10.4. The number of thioether (sulfide) groups is 1. The molecule has 3 aliphatic rings. The number of carbonyl (C=O) groups is 1. The summed E-state index contributed by atoms with van der Waals surface area (Å²) in [7, 11) is 0. The number of aromatic hydroxyl groups is 1. The monoisotopic (exact) mass is 506 g/mol. The number of halogens is 1. The molecule has 3 fully saturated rings. The number of phenolic OH excluding ortho intramolecular Hbond substituents is 1. The SMILES string of the molecule is CCOc1cc(Br)cc(C=C2SC(=NC3CCCCC3)N(C3CCCCC3)C2=O)c1O. The zero-order valence-corrected chi connectivity index (χ0v) is 20.5. The van der Waals surface area contributed by atoms with Gasteiger partial charge in [0.25, 0.3) is 5.91 Å². The average molecular weight is 507 g/mol. The van der Waals surface area contributed by atoms with Crippen molar-refractivity contribution in [3.8, 4) is 11.5 Å². The van der Waals surface area contributed by atoms with Crippen molar-refractivity contribution in [1.29, 1.82) is 0 Å². The van der Waals surface area contributed by atoms with Crippen LogP contribution in [0, 0.1) is 0 Å². The van der Waals surface area contributed by atoms with Crippen LogP contribution < -0.4 is 4.74 Å². The van der Waals surface area contributed by atoms with E-state index in [0.29, 0.717) is 28.9 Å². The van der Waals surface area contributed by atoms with Gasteiger partial charge in [0.05, 0.1) is 17.6 Å². The maximum Gasteiger partial charge on any atom is 0.267 e. The summed E-state index contributed by atoms with van der Waals surface area (Å²) in [5.74, 6) is 0.496. The number of aliphatic imine (C=N–C) groups is 1. The molecule has 1 aromatic rings. The normalized spacial score (nSPS) is 23.8. The van der Waals surface area contributed by atoms with E-state index in [1.165, 1.54) is 50.3 Å². The van der Waals surface area contributed by atoms with Gasteiger partial charge < -0.3 is 9.84 Å². The molecule has 1 heterocycles. The molecule has 168 valence electrons. The lowest BCUT2D eigenvalue weighted by Crippen LogP contribution is -2.41. The van der Waals surface area contributed by atoms with E-state index in [2.05, 4.69) is 15.9 Å². The van der Waals surface area contributed by atoms with Crippen LogP contribution in [-0.4, -0.2) is 39.8 Å². The van der Waals surface area contributed by atoms with Gasteiger partial charge in [-0.25, -0.2) is 0 Å². The summed E-state index contributed by atoms with van der Waals surface area (Å²) in [6, 6.07) is 4.12. The lowest BCUT2D eigenvalue weighted by Gasteiger charge is -2.31. The highest BCUT2D eigenvalue weighted by atomic mass is 79.9. The van der Waals surface area contributed by atoms with E-state index >= 15 is 0 Å². The van der Waals surface area contributed by atoms with Crippen LogP contribution in [0.2, 0.25) is 0 Å². The van der Waals surface area contributed by atoms with Gasteiger partial charge >= 0.3 is 0 Å². The van der Waals surface area contributed by atoms with Crippen molar-refractivity contribution in [2.24, 2.45) is 4.99 Å². The zero-order valence-electron chi connectivity index (χ0n) is 18.1. The number of amides is 1. The van der Waals surface area contributed by atoms with Gasteiger partial charge in [0.1, 0.15) is 0 Å². The lowest BCUT2D eigenvalue weighted by atomic mass is 9.94. The minimum Gasteiger partial charge on any atom is -0.504 e. The first kappa shape index (κ1) is 22.7. The molecular formula is C24H31BrN2O3S. The molecule has 0 atom stereocenters. The lowest BCUT2D eigenvalue weighted by molar-refractivity contribution is -0.124. The highest BCUT2D eigenvalue weighted by Crippen LogP contribution is 2.41. The van der Waals surface area contributed by atoms with Crippen molar-refractivity contribution >= 4 is 44.8 Å². The minimum absolute atomic E-state index is 0.0174. The first-order valence-electron chi connectivity index (χ1n) is 11.5. The second-order valence-corrected chi connectivity index (χ2v) is 10.5. The molecule has 1 aliphatic heterocycles. The van der Waals surface area contributed by atoms with Gasteiger partial charge in [0.2, 0.25) is 0 Å². The molecule has 2 aliphatic carbocycles. The zero-order chi connectivity index (χ0) is 21.8. The van der Waals surface area contributed by atoms with E-state index in [0.717, 1.165) is 35.3 Å². The largest absolute Gasteiger partial charge is 0.504 e. The number of hydrogen-bond acceptors (Lipinski definition) is 5. The van der Waals surface area contributed by atoms with E-state index in [9.17, 15) is 9.90 Å². The molecule has 4 rings (SSSR count). The van der Waals surface area contributed by atoms with Crippen molar-refractivity contribution in [2.75, 3.05) is 6.61 Å². The molecule has 0 aromatic heterocycles. The molecule has 1 N–H and O–H groups in total. The van der Waals surface area contributed by atoms with Crippen molar-refractivity contribution in [3.05, 3.63) is 27.1 Å². The van der Waals surface area contributed by atoms with E-state index in [1.54, 1.807) is 12.1 Å². The molecular weight excluding hydrogens is 476 g/mol. The Balaban J connectivity index is 1.67. The maximum atomic E-state index is 13.5. The summed E-state index contributed by atoms with van der Waals surface area (Å²) in [5.41, 5.74) is 0.580. The van der Waals surface area contributed by atoms with Crippen LogP contribution in [0.25, 0.3) is 6.08 Å². The second-order valence-electron chi connectivity index (χ2n) is 8.56. The van der Waals surface area contributed by atoms with Gasteiger partial charge in [-0.3, -0.25) is 14.7 Å². The van der Waals surface area contributed by atoms with E-state index in [-0.39, 0.29) is 17.7 Å². The number of phenols is 1. The number of ether oxygens (including phenoxy) is 1. The van der Waals surface area contributed by atoms with Crippen LogP contribution in [0.15, 0.2) is 26.5 Å². The molecule has 1 amide bonds. The molecule has 5 nitrogen and oxygen atoms in total. The van der Waals surface area contributed by atoms with Crippen LogP contribution in [0.1, 0.15) is 76.7 Å². The van der Waals surface area contributed by atoms with E-state index in [1.807, 2.05) is 17.9 Å². The third kappa shape index (κ3) is 5.30. The Morgan fingerprint density at radius 2 is 1.84 bits per heavy atom. The summed E-state index contributed by atoms with van der Waals surface area (Å²) >= 11 is 4.95. The third-order valence-electron chi connectivity index (χ3n) is 6.30. The molecule has 0 radical (unpaired) electrons. The standard InChI is InChI=1S/C24H31BrN2O3S/c1-2-30-20-15-17(25)13-16(22(20)28)14-21-23(29)27(19-11-7-4-8-12-19)24(31-21)26-18-9-5-3-6-10-18/h13-15,18-19,28H,2-12H2,1H3. The molecule has 1 aromatic carbocycles. The number of amidine groups is 1. The predicted octanol–water partition coefficient (Wildman–Crippen LogP) is 6.49. The summed E-state index contributed by atoms with van der Waals surface area (Å²) in [4.78, 5) is 21.2. The molecule has 1 saturated heterocycles. The number of nitrogens with zero attached hydrogens (tertiary/aromatic N) is 2. The number of hydrogen-bond donors (Lipinski definition) is 1. The highest BCUT2D eigenvalue weighted by Gasteiger charge is 2.39. The first-order valence-corrected chi connectivity index (χ1v) is 13.1. The maximum absolute atomic E-state index is 13.5. The Morgan fingerprint density at radius 1 is 1.16 bits per heavy atom. The Kier molecular flexibility index (Phi) is 7.64. The fourth-order valence-electron chi connectivity index (χ4n) is 4.72. The van der Waals surface area contributed by atoms with Crippen molar-refractivity contribution in [3.63, 3.8) is 0 Å². The Labute approximate surface area is 197 Å². The molecule has 0 bridgehead atoms. The summed E-state index contributed by atoms with van der Waals surface area (Å²) in [6.07, 6.45) is 13.4. The van der Waals surface area contributed by atoms with Crippen LogP contribution in [0.3, 0.4) is 0 Å². The van der Waals surface area contributed by atoms with Crippen molar-refractivity contribution in [2.45, 2.75) is 83.2 Å². The highest BCUT2D eigenvalue weighted by molar-refractivity contribution is 9.10. The molecule has 7 heteroatoms. The smallest absolute Gasteiger partial charge is 0.267 e. The van der Waals surface area contributed by atoms with Crippen LogP contribution in [0.4, 0.5) is 0 Å². The minimum atomic E-state index is 0.0174. The Bertz CT molecular complexity index is 874. The molecule has 31 heavy (non-hydrogen) atoms. The van der Waals surface area contributed by atoms with E-state index < -0.39 is 0 Å². The molecule has 0 spiro atoms. The van der Waals surface area contributed by atoms with Gasteiger partial charge in [-0.15, -0.1) is 0 Å². The third-order valence-corrected chi connectivity index (χ3v) is 7.76. The summed E-state index contributed by atoms with van der Waals surface area (Å²) < 4.78 is 6.35. The summed E-state index contributed by atoms with van der Waals surface area (Å²) in [6.45, 7) is 2.34. The van der Waals surface area contributed by atoms with Crippen molar-refractivity contribution < 1.29 is 14.6 Å². The number of benzene rings is 1. The topological polar surface area (TPSA) is 62.1 Å². The van der Waals surface area contributed by atoms with Gasteiger partial charge in [-0.1, -0.05) is 54.5 Å². The van der Waals surface area contributed by atoms with Crippen LogP contribution in [-0.2, 0) is 4.79 Å².